The van der Waals surface area contributed by atoms with Gasteiger partial charge in [0, 0.05) is 0 Å². The monoisotopic (exact) mass is 432 g/mol. The minimum Gasteiger partial charge on any atom is -0.390 e. The van der Waals surface area contributed by atoms with Crippen LogP contribution in [0.2, 0.25) is 0 Å². The Labute approximate surface area is 193 Å². The molecule has 4 rings (SSSR count). The van der Waals surface area contributed by atoms with E-state index in [0.717, 1.165) is 48.9 Å². The van der Waals surface area contributed by atoms with Crippen LogP contribution < -0.4 is 0 Å². The summed E-state index contributed by atoms with van der Waals surface area (Å²) in [5, 5.41) is 21.5. The SMILES string of the molecule is CC(C)[C@](C)(O)CC[C@@H](C)[C@H]1CC[C@H]2[C@@H]3CC[C@H]4C[C@@](C)(O)CC[C@]4(C)[C@H]3CC[C@]12C. The third-order valence-corrected chi connectivity index (χ3v) is 12.1. The Kier molecular flexibility index (Phi) is 6.21. The van der Waals surface area contributed by atoms with Crippen LogP contribution in [-0.4, -0.2) is 21.4 Å². The van der Waals surface area contributed by atoms with E-state index in [1.165, 1.54) is 51.4 Å². The van der Waals surface area contributed by atoms with Crippen LogP contribution in [0.1, 0.15) is 119 Å². The second kappa shape index (κ2) is 8.00. The van der Waals surface area contributed by atoms with Crippen molar-refractivity contribution in [1.29, 1.82) is 0 Å². The molecule has 0 heterocycles. The van der Waals surface area contributed by atoms with E-state index < -0.39 is 11.2 Å². The maximum atomic E-state index is 10.8. The zero-order valence-corrected chi connectivity index (χ0v) is 21.7. The fourth-order valence-electron chi connectivity index (χ4n) is 9.42. The fourth-order valence-corrected chi connectivity index (χ4v) is 9.42. The first-order valence-electron chi connectivity index (χ1n) is 13.7. The molecule has 0 radical (unpaired) electrons. The standard InChI is InChI=1S/C29H52O2/c1-19(2)29(7,31)15-12-20(3)23-10-11-24-22-9-8-21-18-26(4,30)16-17-27(21,5)25(22)13-14-28(23,24)6/h19-25,30-31H,8-18H2,1-7H3/t20-,21+,22+,23-,24+,25+,26+,27+,28-,29-/m1/s1. The van der Waals surface area contributed by atoms with Crippen molar-refractivity contribution in [2.45, 2.75) is 130 Å². The molecule has 0 amide bonds. The van der Waals surface area contributed by atoms with E-state index in [1.807, 2.05) is 6.92 Å². The van der Waals surface area contributed by atoms with Crippen molar-refractivity contribution < 1.29 is 10.2 Å². The van der Waals surface area contributed by atoms with E-state index in [-0.39, 0.29) is 0 Å². The molecule has 4 saturated carbocycles. The molecule has 0 saturated heterocycles. The highest BCUT2D eigenvalue weighted by Crippen LogP contribution is 2.68. The van der Waals surface area contributed by atoms with Crippen LogP contribution in [-0.2, 0) is 0 Å². The minimum atomic E-state index is -0.528. The average Bonchev–Trinajstić information content (AvgIpc) is 3.04. The van der Waals surface area contributed by atoms with Crippen molar-refractivity contribution in [3.8, 4) is 0 Å². The van der Waals surface area contributed by atoms with Gasteiger partial charge in [0.05, 0.1) is 11.2 Å². The van der Waals surface area contributed by atoms with Gasteiger partial charge >= 0.3 is 0 Å². The number of hydrogen-bond acceptors (Lipinski definition) is 2. The first-order valence-corrected chi connectivity index (χ1v) is 13.7. The van der Waals surface area contributed by atoms with E-state index in [4.69, 9.17) is 0 Å². The van der Waals surface area contributed by atoms with Crippen LogP contribution in [0, 0.1) is 52.3 Å². The van der Waals surface area contributed by atoms with Crippen LogP contribution >= 0.6 is 0 Å². The van der Waals surface area contributed by atoms with Gasteiger partial charge in [-0.15, -0.1) is 0 Å². The Morgan fingerprint density at radius 1 is 0.871 bits per heavy atom. The Bertz CT molecular complexity index is 651. The van der Waals surface area contributed by atoms with Gasteiger partial charge in [0.2, 0.25) is 0 Å². The lowest BCUT2D eigenvalue weighted by atomic mass is 9.43. The minimum absolute atomic E-state index is 0.328. The molecule has 180 valence electrons. The summed E-state index contributed by atoms with van der Waals surface area (Å²) >= 11 is 0. The van der Waals surface area contributed by atoms with Gasteiger partial charge in [0.1, 0.15) is 0 Å². The number of fused-ring (bicyclic) bond motifs is 5. The average molecular weight is 433 g/mol. The molecule has 0 aromatic carbocycles. The van der Waals surface area contributed by atoms with Crippen LogP contribution in [0.4, 0.5) is 0 Å². The molecule has 0 aliphatic heterocycles. The first-order chi connectivity index (χ1) is 14.3. The van der Waals surface area contributed by atoms with Gasteiger partial charge in [-0.1, -0.05) is 34.6 Å². The molecule has 0 aromatic heterocycles. The lowest BCUT2D eigenvalue weighted by molar-refractivity contribution is -0.148. The van der Waals surface area contributed by atoms with Crippen LogP contribution in [0.15, 0.2) is 0 Å². The second-order valence-corrected chi connectivity index (χ2v) is 14.1. The molecule has 10 atom stereocenters. The Balaban J connectivity index is 1.47. The van der Waals surface area contributed by atoms with Gasteiger partial charge in [0.25, 0.3) is 0 Å². The van der Waals surface area contributed by atoms with Crippen LogP contribution in [0.3, 0.4) is 0 Å². The van der Waals surface area contributed by atoms with E-state index in [2.05, 4.69) is 41.5 Å². The van der Waals surface area contributed by atoms with Crippen LogP contribution in [0.5, 0.6) is 0 Å². The number of aliphatic hydroxyl groups is 2. The first kappa shape index (κ1) is 24.1. The Morgan fingerprint density at radius 3 is 2.23 bits per heavy atom. The van der Waals surface area contributed by atoms with Gasteiger partial charge in [-0.2, -0.15) is 0 Å². The number of hydrogen-bond donors (Lipinski definition) is 2. The van der Waals surface area contributed by atoms with Gasteiger partial charge in [-0.25, -0.2) is 0 Å². The molecule has 4 fully saturated rings. The molecule has 31 heavy (non-hydrogen) atoms. The van der Waals surface area contributed by atoms with E-state index in [1.54, 1.807) is 0 Å². The molecule has 4 aliphatic rings. The van der Waals surface area contributed by atoms with Crippen LogP contribution in [0.25, 0.3) is 0 Å². The summed E-state index contributed by atoms with van der Waals surface area (Å²) < 4.78 is 0. The van der Waals surface area contributed by atoms with Crippen molar-refractivity contribution in [2.75, 3.05) is 0 Å². The molecular formula is C29H52O2. The Morgan fingerprint density at radius 2 is 1.55 bits per heavy atom. The van der Waals surface area contributed by atoms with Crippen molar-refractivity contribution >= 4 is 0 Å². The Hall–Kier alpha value is -0.0800. The highest BCUT2D eigenvalue weighted by Gasteiger charge is 2.61. The summed E-state index contributed by atoms with van der Waals surface area (Å²) in [6.07, 6.45) is 13.8. The highest BCUT2D eigenvalue weighted by atomic mass is 16.3. The summed E-state index contributed by atoms with van der Waals surface area (Å²) in [5.41, 5.74) is 0.0189. The summed E-state index contributed by atoms with van der Waals surface area (Å²) in [5.74, 6) is 5.32. The van der Waals surface area contributed by atoms with Gasteiger partial charge in [-0.3, -0.25) is 0 Å². The second-order valence-electron chi connectivity index (χ2n) is 14.1. The third-order valence-electron chi connectivity index (χ3n) is 12.1. The topological polar surface area (TPSA) is 40.5 Å². The largest absolute Gasteiger partial charge is 0.390 e. The van der Waals surface area contributed by atoms with Gasteiger partial charge in [-0.05, 0) is 137 Å². The van der Waals surface area contributed by atoms with Crippen molar-refractivity contribution in [2.24, 2.45) is 52.3 Å². The van der Waals surface area contributed by atoms with Crippen molar-refractivity contribution in [3.05, 3.63) is 0 Å². The molecule has 2 nitrogen and oxygen atoms in total. The molecule has 2 heteroatoms. The summed E-state index contributed by atoms with van der Waals surface area (Å²) in [6, 6.07) is 0. The molecule has 0 spiro atoms. The third kappa shape index (κ3) is 4.05. The van der Waals surface area contributed by atoms with Gasteiger partial charge < -0.3 is 10.2 Å². The van der Waals surface area contributed by atoms with Crippen molar-refractivity contribution in [1.82, 2.24) is 0 Å². The predicted octanol–water partition coefficient (Wildman–Crippen LogP) is 7.22. The molecule has 0 bridgehead atoms. The maximum Gasteiger partial charge on any atom is 0.0642 e. The summed E-state index contributed by atoms with van der Waals surface area (Å²) in [4.78, 5) is 0. The van der Waals surface area contributed by atoms with E-state index in [9.17, 15) is 10.2 Å². The number of rotatable bonds is 5. The van der Waals surface area contributed by atoms with Crippen molar-refractivity contribution in [3.63, 3.8) is 0 Å². The summed E-state index contributed by atoms with van der Waals surface area (Å²) in [6.45, 7) is 16.2. The quantitative estimate of drug-likeness (QED) is 0.481. The highest BCUT2D eigenvalue weighted by molar-refractivity contribution is 5.10. The molecule has 4 aliphatic carbocycles. The fraction of sp³-hybridized carbons (Fsp3) is 1.00. The predicted molar refractivity (Wildman–Crippen MR) is 130 cm³/mol. The molecule has 2 N–H and O–H groups in total. The molecular weight excluding hydrogens is 380 g/mol. The van der Waals surface area contributed by atoms with E-state index >= 15 is 0 Å². The molecule has 0 aromatic rings. The zero-order chi connectivity index (χ0) is 22.8. The lowest BCUT2D eigenvalue weighted by Gasteiger charge is -2.62. The maximum absolute atomic E-state index is 10.8. The van der Waals surface area contributed by atoms with E-state index in [0.29, 0.717) is 22.7 Å². The zero-order valence-electron chi connectivity index (χ0n) is 21.7. The van der Waals surface area contributed by atoms with Gasteiger partial charge in [0.15, 0.2) is 0 Å². The summed E-state index contributed by atoms with van der Waals surface area (Å²) in [7, 11) is 0. The smallest absolute Gasteiger partial charge is 0.0642 e. The molecule has 0 unspecified atom stereocenters. The normalized spacial score (nSPS) is 50.3. The lowest BCUT2D eigenvalue weighted by Crippen LogP contribution is -2.55.